The Kier molecular flexibility index (Phi) is 11.6. The highest BCUT2D eigenvalue weighted by Crippen LogP contribution is 2.33. The number of nitrogens with one attached hydrogen (secondary N) is 2. The Morgan fingerprint density at radius 3 is 2.61 bits per heavy atom. The number of carboxylic acids is 1. The van der Waals surface area contributed by atoms with E-state index in [0.717, 1.165) is 61.5 Å². The molecule has 2 aliphatic heterocycles. The normalized spacial score (nSPS) is 19.4. The van der Waals surface area contributed by atoms with Gasteiger partial charge in [-0.2, -0.15) is 18.2 Å². The molecule has 1 aromatic carbocycles. The fourth-order valence-electron chi connectivity index (χ4n) is 5.59. The molecule has 5 rings (SSSR count). The summed E-state index contributed by atoms with van der Waals surface area (Å²) in [6, 6.07) is 5.78. The van der Waals surface area contributed by atoms with Gasteiger partial charge in [0.15, 0.2) is 17.4 Å². The molecule has 21 heteroatoms. The second-order valence-electron chi connectivity index (χ2n) is 12.5. The molecule has 2 amide bonds. The third kappa shape index (κ3) is 9.17. The lowest BCUT2D eigenvalue weighted by Gasteiger charge is -2.50. The van der Waals surface area contributed by atoms with Crippen LogP contribution in [-0.2, 0) is 47.0 Å². The Hall–Kier alpha value is -4.67. The lowest BCUT2D eigenvalue weighted by molar-refractivity contribution is -0.780. The molecule has 0 bridgehead atoms. The van der Waals surface area contributed by atoms with Crippen molar-refractivity contribution in [2.24, 2.45) is 16.8 Å². The molecule has 2 fully saturated rings. The number of aromatic nitrogens is 3. The molecule has 2 saturated heterocycles. The van der Waals surface area contributed by atoms with E-state index in [2.05, 4.69) is 46.8 Å². The topological polar surface area (TPSA) is 267 Å². The molecule has 3 atom stereocenters. The van der Waals surface area contributed by atoms with E-state index in [1.165, 1.54) is 19.2 Å². The number of aliphatic carboxylic acids is 1. The maximum Gasteiger partial charge on any atom is 0.418 e. The van der Waals surface area contributed by atoms with Gasteiger partial charge in [-0.05, 0) is 57.5 Å². The van der Waals surface area contributed by atoms with E-state index in [1.807, 2.05) is 12.1 Å². The summed E-state index contributed by atoms with van der Waals surface area (Å²) in [5.74, 6) is -2.54. The van der Waals surface area contributed by atoms with Gasteiger partial charge in [-0.3, -0.25) is 14.1 Å². The van der Waals surface area contributed by atoms with Crippen molar-refractivity contribution < 1.29 is 51.0 Å². The average molecular weight is 751 g/mol. The maximum absolute atomic E-state index is 13.3. The minimum absolute atomic E-state index is 0.0629. The first kappa shape index (κ1) is 37.6. The van der Waals surface area contributed by atoms with Crippen LogP contribution in [0.3, 0.4) is 0 Å². The van der Waals surface area contributed by atoms with Crippen LogP contribution in [0.2, 0.25) is 0 Å². The zero-order chi connectivity index (χ0) is 36.9. The number of hydrogen-bond donors (Lipinski definition) is 6. The van der Waals surface area contributed by atoms with E-state index < -0.39 is 58.2 Å². The molecular weight excluding hydrogens is 711 g/mol. The molecule has 0 spiro atoms. The predicted octanol–water partition coefficient (Wildman–Crippen LogP) is -0.467. The van der Waals surface area contributed by atoms with Crippen molar-refractivity contribution in [3.63, 3.8) is 0 Å². The van der Waals surface area contributed by atoms with E-state index in [-0.39, 0.29) is 10.8 Å². The molecule has 0 aliphatic carbocycles. The highest BCUT2D eigenvalue weighted by Gasteiger charge is 2.58. The molecule has 1 unspecified atom stereocenters. The lowest BCUT2D eigenvalue weighted by Crippen LogP contribution is -2.76. The van der Waals surface area contributed by atoms with Crippen molar-refractivity contribution >= 4 is 50.4 Å². The number of nitrogens with zero attached hydrogens (tertiary/aromatic N) is 5. The van der Waals surface area contributed by atoms with Crippen LogP contribution in [0, 0.1) is 5.92 Å². The van der Waals surface area contributed by atoms with Gasteiger partial charge < -0.3 is 36.8 Å². The van der Waals surface area contributed by atoms with Crippen molar-refractivity contribution in [2.75, 3.05) is 32.0 Å². The Morgan fingerprint density at radius 2 is 2.02 bits per heavy atom. The number of benzene rings is 1. The third-order valence-corrected chi connectivity index (χ3v) is 9.35. The quantitative estimate of drug-likeness (QED) is 0.0335. The van der Waals surface area contributed by atoms with Gasteiger partial charge >= 0.3 is 16.4 Å². The summed E-state index contributed by atoms with van der Waals surface area (Å²) in [7, 11) is -5.02. The second-order valence-corrected chi connectivity index (χ2v) is 14.4. The Labute approximate surface area is 297 Å². The summed E-state index contributed by atoms with van der Waals surface area (Å²) in [5, 5.41) is 21.2. The molecule has 2 aromatic heterocycles. The average Bonchev–Trinajstić information content (AvgIpc) is 3.85. The number of aryl methyl sites for hydroxylation is 1. The number of nitrogen functional groups attached to an aromatic ring is 1. The highest BCUT2D eigenvalue weighted by molar-refractivity contribution is 7.80. The summed E-state index contributed by atoms with van der Waals surface area (Å²) < 4.78 is 45.6. The summed E-state index contributed by atoms with van der Waals surface area (Å²) >= 11 is 0.965. The smallest absolute Gasteiger partial charge is 0.418 e. The number of hydrogen-bond acceptors (Lipinski definition) is 14. The van der Waals surface area contributed by atoms with Crippen molar-refractivity contribution in [1.29, 1.82) is 0 Å². The van der Waals surface area contributed by atoms with E-state index >= 15 is 0 Å². The van der Waals surface area contributed by atoms with Crippen molar-refractivity contribution in [3.05, 3.63) is 47.7 Å². The number of carbonyl (C=O) groups is 3. The molecule has 276 valence electrons. The number of nitrogens with two attached hydrogens (primary N) is 2. The van der Waals surface area contributed by atoms with Crippen LogP contribution in [0.25, 0.3) is 11.1 Å². The molecule has 51 heavy (non-hydrogen) atoms. The van der Waals surface area contributed by atoms with E-state index in [0.29, 0.717) is 23.3 Å². The first-order chi connectivity index (χ1) is 24.2. The van der Waals surface area contributed by atoms with Gasteiger partial charge in [0, 0.05) is 17.8 Å². The number of carbonyl (C=O) groups excluding carboxylic acids is 2. The summed E-state index contributed by atoms with van der Waals surface area (Å²) in [6.07, 6.45) is 4.47. The van der Waals surface area contributed by atoms with Gasteiger partial charge in [0.25, 0.3) is 17.9 Å². The van der Waals surface area contributed by atoms with Gasteiger partial charge in [-0.25, -0.2) is 9.78 Å². The Balaban J connectivity index is 1.25. The van der Waals surface area contributed by atoms with E-state index in [9.17, 15) is 27.9 Å². The first-order valence-corrected chi connectivity index (χ1v) is 18.1. The van der Waals surface area contributed by atoms with Crippen LogP contribution in [0.15, 0.2) is 47.2 Å². The monoisotopic (exact) mass is 750 g/mol. The van der Waals surface area contributed by atoms with Gasteiger partial charge in [0.2, 0.25) is 6.20 Å². The highest BCUT2D eigenvalue weighted by atomic mass is 32.3. The van der Waals surface area contributed by atoms with Crippen LogP contribution in [-0.4, -0.2) is 100 Å². The van der Waals surface area contributed by atoms with Crippen LogP contribution >= 0.6 is 11.3 Å². The third-order valence-electron chi connectivity index (χ3n) is 8.34. The Morgan fingerprint density at radius 1 is 1.27 bits per heavy atom. The summed E-state index contributed by atoms with van der Waals surface area (Å²) in [4.78, 5) is 47.1. The maximum atomic E-state index is 13.3. The number of rotatable bonds is 17. The number of hydroxylamine groups is 2. The van der Waals surface area contributed by atoms with Crippen molar-refractivity contribution in [1.82, 2.24) is 25.4 Å². The van der Waals surface area contributed by atoms with E-state index in [4.69, 9.17) is 25.6 Å². The SMILES string of the molecule is CC1(C)C(NC(=O)/C(=N\O[C@@H](COc2ccc(-c3cn(CCCN)[n+](C[C@@H]4CCNC4)c3)cc2)C(=O)O)c2csc(N)n2)C(=O)N1OS(=O)(=O)O. The summed E-state index contributed by atoms with van der Waals surface area (Å²) in [5.41, 5.74) is 11.4. The largest absolute Gasteiger partial charge is 0.489 e. The minimum atomic E-state index is -5.02. The molecule has 0 saturated carbocycles. The Bertz CT molecular complexity index is 1870. The standard InChI is InChI=1S/C30H39N9O10S2/c1-30(2)25(27(41)39(30)49-51(44,45)46)35-26(40)24(22-17-50-29(32)34-22)36-48-23(28(42)43)16-47-21-6-4-19(5-7-21)20-14-37(11-3-9-31)38(15-20)13-18-8-10-33-12-18/h4-7,14-15,17-18,23,25,33H,3,8-13,16,31H2,1-2H3,(H4-,32,34,35,40,42,43,44,45,46)/p+1/b36-24-/t18-,23+,25?/m1/s1. The lowest BCUT2D eigenvalue weighted by atomic mass is 9.84. The number of oxime groups is 1. The number of ether oxygens (including phenoxy) is 1. The van der Waals surface area contributed by atoms with Crippen LogP contribution in [0.5, 0.6) is 5.75 Å². The van der Waals surface area contributed by atoms with Crippen molar-refractivity contribution in [2.45, 2.75) is 57.5 Å². The van der Waals surface area contributed by atoms with Gasteiger partial charge in [0.05, 0.1) is 23.8 Å². The molecule has 8 N–H and O–H groups in total. The number of anilines is 1. The fraction of sp³-hybridized carbons (Fsp3) is 0.467. The molecule has 4 heterocycles. The van der Waals surface area contributed by atoms with Crippen LogP contribution < -0.4 is 31.5 Å². The van der Waals surface area contributed by atoms with Gasteiger partial charge in [-0.1, -0.05) is 17.3 Å². The zero-order valence-corrected chi connectivity index (χ0v) is 29.4. The number of thiazole rings is 1. The fourth-order valence-corrected chi connectivity index (χ4v) is 6.59. The number of amides is 2. The van der Waals surface area contributed by atoms with Gasteiger partial charge in [0.1, 0.15) is 24.1 Å². The molecule has 3 aromatic rings. The summed E-state index contributed by atoms with van der Waals surface area (Å²) in [6.45, 7) is 6.50. The van der Waals surface area contributed by atoms with Crippen LogP contribution in [0.1, 0.15) is 32.4 Å². The zero-order valence-electron chi connectivity index (χ0n) is 27.8. The molecule has 2 aliphatic rings. The van der Waals surface area contributed by atoms with E-state index in [1.54, 1.807) is 12.1 Å². The molecular formula is C30H40N9O10S2+. The van der Waals surface area contributed by atoms with Gasteiger partial charge in [-0.15, -0.1) is 20.3 Å². The molecule has 0 radical (unpaired) electrons. The number of β-lactam (4-membered cyclic amide) rings is 1. The van der Waals surface area contributed by atoms with Crippen molar-refractivity contribution in [3.8, 4) is 16.9 Å². The predicted molar refractivity (Wildman–Crippen MR) is 181 cm³/mol. The minimum Gasteiger partial charge on any atom is -0.489 e. The molecule has 19 nitrogen and oxygen atoms in total. The van der Waals surface area contributed by atoms with Crippen LogP contribution in [0.4, 0.5) is 5.13 Å². The number of carboxylic acid groups (broad SMARTS) is 1. The second kappa shape index (κ2) is 15.7. The first-order valence-electron chi connectivity index (χ1n) is 15.9.